The van der Waals surface area contributed by atoms with E-state index in [0.717, 1.165) is 25.7 Å². The van der Waals surface area contributed by atoms with Crippen LogP contribution in [0.2, 0.25) is 0 Å². The average molecular weight is 367 g/mol. The van der Waals surface area contributed by atoms with E-state index in [1.54, 1.807) is 0 Å². The van der Waals surface area contributed by atoms with Crippen molar-refractivity contribution in [2.45, 2.75) is 117 Å². The van der Waals surface area contributed by atoms with Crippen molar-refractivity contribution in [3.05, 3.63) is 0 Å². The van der Waals surface area contributed by atoms with Gasteiger partial charge in [0.05, 0.1) is 0 Å². The summed E-state index contributed by atoms with van der Waals surface area (Å²) in [6, 6.07) is 0. The number of hydrogen-bond acceptors (Lipinski definition) is 3. The maximum atomic E-state index is 11.6. The fourth-order valence-electron chi connectivity index (χ4n) is 2.68. The molecule has 0 saturated carbocycles. The molecule has 0 aromatic rings. The second-order valence-corrected chi connectivity index (χ2v) is 6.59. The Morgan fingerprint density at radius 1 is 0.583 bits per heavy atom. The van der Waals surface area contributed by atoms with Crippen molar-refractivity contribution in [1.29, 1.82) is 0 Å². The van der Waals surface area contributed by atoms with Gasteiger partial charge in [-0.1, -0.05) is 90.9 Å². The first-order valence-corrected chi connectivity index (χ1v) is 9.94. The third-order valence-corrected chi connectivity index (χ3v) is 4.20. The third-order valence-electron chi connectivity index (χ3n) is 4.20. The molecule has 0 spiro atoms. The van der Waals surface area contributed by atoms with Crippen LogP contribution in [0.3, 0.4) is 0 Å². The zero-order valence-corrected chi connectivity index (χ0v) is 19.7. The second-order valence-electron chi connectivity index (χ2n) is 6.59. The number of esters is 2. The smallest absolute Gasteiger partial charge is 1.00 e. The van der Waals surface area contributed by atoms with Crippen LogP contribution in [-0.2, 0) is 14.3 Å². The molecule has 0 saturated heterocycles. The normalized spacial score (nSPS) is 10.2. The summed E-state index contributed by atoms with van der Waals surface area (Å²) in [6.45, 7) is 4.42. The van der Waals surface area contributed by atoms with Crippen molar-refractivity contribution >= 4 is 11.9 Å². The van der Waals surface area contributed by atoms with Gasteiger partial charge in [0.15, 0.2) is 0 Å². The van der Waals surface area contributed by atoms with Crippen LogP contribution in [0.1, 0.15) is 118 Å². The standard InChI is InChI=1S/C20H38O3.K.H/c1-3-5-7-9-11-13-15-17-19(21)23-20(22)18-16-14-12-10-8-6-4-2;;/h3-18H2,1-2H3;;/q;+1;-1. The molecule has 0 radical (unpaired) electrons. The molecule has 0 amide bonds. The average Bonchev–Trinajstić information content (AvgIpc) is 2.53. The van der Waals surface area contributed by atoms with E-state index in [1.807, 2.05) is 0 Å². The molecule has 0 aliphatic carbocycles. The number of unbranched alkanes of at least 4 members (excludes halogenated alkanes) is 12. The van der Waals surface area contributed by atoms with Crippen molar-refractivity contribution in [3.8, 4) is 0 Å². The van der Waals surface area contributed by atoms with Crippen molar-refractivity contribution in [3.63, 3.8) is 0 Å². The Balaban J connectivity index is -0.00000242. The summed E-state index contributed by atoms with van der Waals surface area (Å²) in [5, 5.41) is 0. The number of hydrogen-bond donors (Lipinski definition) is 0. The van der Waals surface area contributed by atoms with Crippen LogP contribution in [0, 0.1) is 0 Å². The van der Waals surface area contributed by atoms with E-state index < -0.39 is 0 Å². The van der Waals surface area contributed by atoms with Gasteiger partial charge in [0.2, 0.25) is 0 Å². The van der Waals surface area contributed by atoms with Crippen molar-refractivity contribution in [2.24, 2.45) is 0 Å². The Hall–Kier alpha value is 0.776. The van der Waals surface area contributed by atoms with Gasteiger partial charge in [0, 0.05) is 12.8 Å². The number of rotatable bonds is 16. The molecule has 0 fully saturated rings. The van der Waals surface area contributed by atoms with Crippen molar-refractivity contribution < 1.29 is 67.1 Å². The zero-order valence-electron chi connectivity index (χ0n) is 17.5. The van der Waals surface area contributed by atoms with E-state index in [4.69, 9.17) is 4.74 Å². The van der Waals surface area contributed by atoms with Crippen LogP contribution in [0.15, 0.2) is 0 Å². The van der Waals surface area contributed by atoms with E-state index in [-0.39, 0.29) is 64.7 Å². The van der Waals surface area contributed by atoms with Crippen LogP contribution >= 0.6 is 0 Å². The molecule has 0 aromatic carbocycles. The van der Waals surface area contributed by atoms with Crippen LogP contribution in [0.4, 0.5) is 0 Å². The fourth-order valence-corrected chi connectivity index (χ4v) is 2.68. The molecule has 0 aliphatic heterocycles. The van der Waals surface area contributed by atoms with Crippen LogP contribution in [0.5, 0.6) is 0 Å². The molecule has 0 heterocycles. The van der Waals surface area contributed by atoms with Gasteiger partial charge in [0.1, 0.15) is 0 Å². The van der Waals surface area contributed by atoms with Gasteiger partial charge in [-0.2, -0.15) is 0 Å². The molecule has 138 valence electrons. The van der Waals surface area contributed by atoms with E-state index >= 15 is 0 Å². The number of carbonyl (C=O) groups excluding carboxylic acids is 2. The molecule has 4 heteroatoms. The summed E-state index contributed by atoms with van der Waals surface area (Å²) >= 11 is 0. The summed E-state index contributed by atoms with van der Waals surface area (Å²) < 4.78 is 4.86. The van der Waals surface area contributed by atoms with Crippen LogP contribution in [-0.4, -0.2) is 11.9 Å². The third kappa shape index (κ3) is 20.8. The minimum absolute atomic E-state index is 0. The van der Waals surface area contributed by atoms with E-state index in [9.17, 15) is 9.59 Å². The summed E-state index contributed by atoms with van der Waals surface area (Å²) in [5.41, 5.74) is 0. The Morgan fingerprint density at radius 3 is 1.21 bits per heavy atom. The Labute approximate surface area is 194 Å². The molecular formula is C20H39KO3. The van der Waals surface area contributed by atoms with E-state index in [2.05, 4.69) is 13.8 Å². The van der Waals surface area contributed by atoms with Gasteiger partial charge < -0.3 is 6.16 Å². The number of carbonyl (C=O) groups is 2. The molecule has 0 N–H and O–H groups in total. The van der Waals surface area contributed by atoms with Crippen LogP contribution < -0.4 is 51.4 Å². The minimum atomic E-state index is -0.341. The van der Waals surface area contributed by atoms with Gasteiger partial charge in [-0.25, -0.2) is 0 Å². The summed E-state index contributed by atoms with van der Waals surface area (Å²) in [5.74, 6) is -0.682. The van der Waals surface area contributed by atoms with Crippen LogP contribution in [0.25, 0.3) is 0 Å². The van der Waals surface area contributed by atoms with Gasteiger partial charge in [0.25, 0.3) is 0 Å². The molecule has 0 unspecified atom stereocenters. The molecule has 24 heavy (non-hydrogen) atoms. The van der Waals surface area contributed by atoms with Gasteiger partial charge in [-0.15, -0.1) is 0 Å². The quantitative estimate of drug-likeness (QED) is 0.182. The summed E-state index contributed by atoms with van der Waals surface area (Å²) in [7, 11) is 0. The largest absolute Gasteiger partial charge is 1.00 e. The summed E-state index contributed by atoms with van der Waals surface area (Å²) in [4.78, 5) is 23.1. The number of ether oxygens (including phenoxy) is 1. The minimum Gasteiger partial charge on any atom is -1.00 e. The first-order chi connectivity index (χ1) is 11.2. The van der Waals surface area contributed by atoms with Gasteiger partial charge in [-0.05, 0) is 12.8 Å². The summed E-state index contributed by atoms with van der Waals surface area (Å²) in [6.07, 6.45) is 17.1. The molecule has 3 nitrogen and oxygen atoms in total. The zero-order chi connectivity index (χ0) is 17.2. The molecule has 0 rings (SSSR count). The Morgan fingerprint density at radius 2 is 0.875 bits per heavy atom. The predicted molar refractivity (Wildman–Crippen MR) is 97.4 cm³/mol. The van der Waals surface area contributed by atoms with E-state index in [0.29, 0.717) is 12.8 Å². The van der Waals surface area contributed by atoms with Crippen molar-refractivity contribution in [1.82, 2.24) is 0 Å². The predicted octanol–water partition coefficient (Wildman–Crippen LogP) is 3.45. The maximum absolute atomic E-state index is 11.6. The van der Waals surface area contributed by atoms with Gasteiger partial charge >= 0.3 is 63.3 Å². The molecule has 0 atom stereocenters. The fraction of sp³-hybridized carbons (Fsp3) is 0.900. The molecule has 0 aromatic heterocycles. The Bertz CT molecular complexity index is 271. The maximum Gasteiger partial charge on any atom is 1.00 e. The molecule has 0 aliphatic rings. The monoisotopic (exact) mass is 366 g/mol. The van der Waals surface area contributed by atoms with Crippen molar-refractivity contribution in [2.75, 3.05) is 0 Å². The first-order valence-electron chi connectivity index (χ1n) is 9.94. The SMILES string of the molecule is CCCCCCCCCC(=O)OC(=O)CCCCCCCCC.[H-].[K+]. The van der Waals surface area contributed by atoms with Gasteiger partial charge in [-0.3, -0.25) is 9.59 Å². The van der Waals surface area contributed by atoms with E-state index in [1.165, 1.54) is 64.2 Å². The topological polar surface area (TPSA) is 43.4 Å². The first kappa shape index (κ1) is 27.0. The molecule has 0 bridgehead atoms. The molecular weight excluding hydrogens is 327 g/mol. The second kappa shape index (κ2) is 21.8. The Kier molecular flexibility index (Phi) is 24.5.